The topological polar surface area (TPSA) is 21.1 Å². The number of hydrogen-bond acceptors (Lipinski definition) is 3. The number of benzene rings is 7. The quantitative estimate of drug-likeness (QED) is 0.176. The molecule has 0 atom stereocenters. The summed E-state index contributed by atoms with van der Waals surface area (Å²) in [5.74, 6) is 0. The van der Waals surface area contributed by atoms with Crippen LogP contribution in [0.4, 0.5) is 17.1 Å². The summed E-state index contributed by atoms with van der Waals surface area (Å²) in [5.41, 5.74) is 11.5. The molecule has 0 fully saturated rings. The number of rotatable bonds is 6. The van der Waals surface area contributed by atoms with Gasteiger partial charge in [-0.15, -0.1) is 11.3 Å². The number of para-hydroxylation sites is 3. The number of hydrogen-bond donors (Lipinski definition) is 0. The van der Waals surface area contributed by atoms with Crippen molar-refractivity contribution < 1.29 is 0 Å². The van der Waals surface area contributed by atoms with E-state index in [2.05, 4.69) is 184 Å². The second kappa shape index (κ2) is 12.1. The van der Waals surface area contributed by atoms with Gasteiger partial charge in [0.15, 0.2) is 0 Å². The third kappa shape index (κ3) is 5.00. The van der Waals surface area contributed by atoms with Crippen LogP contribution in [0, 0.1) is 0 Å². The molecule has 0 spiro atoms. The zero-order valence-corrected chi connectivity index (χ0v) is 28.5. The van der Waals surface area contributed by atoms with Crippen LogP contribution in [0.25, 0.3) is 69.9 Å². The molecule has 51 heavy (non-hydrogen) atoms. The van der Waals surface area contributed by atoms with Crippen molar-refractivity contribution in [2.45, 2.75) is 0 Å². The van der Waals surface area contributed by atoms with E-state index in [4.69, 9.17) is 0 Å². The van der Waals surface area contributed by atoms with Gasteiger partial charge in [-0.1, -0.05) is 97.1 Å². The van der Waals surface area contributed by atoms with Crippen molar-refractivity contribution >= 4 is 70.4 Å². The van der Waals surface area contributed by atoms with Gasteiger partial charge in [-0.05, 0) is 95.6 Å². The van der Waals surface area contributed by atoms with Crippen molar-refractivity contribution in [3.8, 4) is 27.9 Å². The molecule has 10 rings (SSSR count). The molecule has 3 heterocycles. The lowest BCUT2D eigenvalue weighted by molar-refractivity contribution is 1.19. The van der Waals surface area contributed by atoms with E-state index in [-0.39, 0.29) is 0 Å². The summed E-state index contributed by atoms with van der Waals surface area (Å²) in [6.07, 6.45) is 3.74. The number of fused-ring (bicyclic) bond motifs is 6. The van der Waals surface area contributed by atoms with Crippen LogP contribution in [-0.2, 0) is 0 Å². The zero-order valence-electron chi connectivity index (χ0n) is 27.6. The average Bonchev–Trinajstić information content (AvgIpc) is 3.74. The number of thiophene rings is 1. The summed E-state index contributed by atoms with van der Waals surface area (Å²) < 4.78 is 5.06. The Kier molecular flexibility index (Phi) is 7.00. The Bertz CT molecular complexity index is 2830. The second-order valence-corrected chi connectivity index (χ2v) is 13.9. The number of anilines is 3. The van der Waals surface area contributed by atoms with E-state index in [1.54, 1.807) is 0 Å². The standard InChI is InChI=1S/C47H31N3S/c1-2-14-35(15-3-1)49(37-16-11-27-48-31-37)43-20-7-4-17-38(43)34-13-10-12-32(28-34)33-23-25-45-41(29-33)39-18-5-8-21-44(39)50(45)36-24-26-47-42(30-36)40-19-6-9-22-46(40)51-47/h1-31H. The Morgan fingerprint density at radius 3 is 2.08 bits per heavy atom. The van der Waals surface area contributed by atoms with Gasteiger partial charge in [0.05, 0.1) is 28.6 Å². The first-order valence-electron chi connectivity index (χ1n) is 17.2. The fraction of sp³-hybridized carbons (Fsp3) is 0. The number of pyridine rings is 1. The van der Waals surface area contributed by atoms with Gasteiger partial charge in [-0.2, -0.15) is 0 Å². The van der Waals surface area contributed by atoms with Crippen LogP contribution in [0.1, 0.15) is 0 Å². The molecule has 0 N–H and O–H groups in total. The first kappa shape index (κ1) is 29.4. The maximum atomic E-state index is 4.46. The van der Waals surface area contributed by atoms with E-state index in [1.807, 2.05) is 29.8 Å². The average molecular weight is 670 g/mol. The van der Waals surface area contributed by atoms with Crippen molar-refractivity contribution in [2.75, 3.05) is 4.90 Å². The normalized spacial score (nSPS) is 11.5. The lowest BCUT2D eigenvalue weighted by Crippen LogP contribution is -2.11. The lowest BCUT2D eigenvalue weighted by atomic mass is 9.96. The van der Waals surface area contributed by atoms with E-state index < -0.39 is 0 Å². The van der Waals surface area contributed by atoms with Crippen molar-refractivity contribution in [3.05, 3.63) is 188 Å². The molecule has 4 heteroatoms. The van der Waals surface area contributed by atoms with Crippen LogP contribution in [0.3, 0.4) is 0 Å². The third-order valence-corrected chi connectivity index (χ3v) is 11.0. The zero-order chi connectivity index (χ0) is 33.7. The molecule has 0 aliphatic rings. The largest absolute Gasteiger partial charge is 0.309 e. The molecule has 3 nitrogen and oxygen atoms in total. The molecular formula is C47H31N3S. The summed E-state index contributed by atoms with van der Waals surface area (Å²) in [4.78, 5) is 6.74. The minimum Gasteiger partial charge on any atom is -0.309 e. The highest BCUT2D eigenvalue weighted by Gasteiger charge is 2.18. The molecular weight excluding hydrogens is 639 g/mol. The Morgan fingerprint density at radius 1 is 0.451 bits per heavy atom. The maximum Gasteiger partial charge on any atom is 0.0645 e. The van der Waals surface area contributed by atoms with Gasteiger partial charge in [-0.3, -0.25) is 4.98 Å². The highest BCUT2D eigenvalue weighted by atomic mass is 32.1. The first-order valence-corrected chi connectivity index (χ1v) is 18.0. The Morgan fingerprint density at radius 2 is 1.18 bits per heavy atom. The van der Waals surface area contributed by atoms with Crippen LogP contribution in [0.15, 0.2) is 188 Å². The van der Waals surface area contributed by atoms with Crippen molar-refractivity contribution in [1.29, 1.82) is 0 Å². The second-order valence-electron chi connectivity index (χ2n) is 12.8. The van der Waals surface area contributed by atoms with Gasteiger partial charge in [-0.25, -0.2) is 0 Å². The molecule has 7 aromatic carbocycles. The van der Waals surface area contributed by atoms with Crippen LogP contribution in [-0.4, -0.2) is 9.55 Å². The van der Waals surface area contributed by atoms with E-state index in [9.17, 15) is 0 Å². The van der Waals surface area contributed by atoms with Gasteiger partial charge in [0.2, 0.25) is 0 Å². The Balaban J connectivity index is 1.10. The van der Waals surface area contributed by atoms with Crippen LogP contribution >= 0.6 is 11.3 Å². The summed E-state index contributed by atoms with van der Waals surface area (Å²) in [6, 6.07) is 63.5. The van der Waals surface area contributed by atoms with E-state index >= 15 is 0 Å². The molecule has 3 aromatic heterocycles. The first-order chi connectivity index (χ1) is 25.3. The smallest absolute Gasteiger partial charge is 0.0645 e. The van der Waals surface area contributed by atoms with Crippen molar-refractivity contribution in [1.82, 2.24) is 9.55 Å². The number of aromatic nitrogens is 2. The van der Waals surface area contributed by atoms with Gasteiger partial charge < -0.3 is 9.47 Å². The summed E-state index contributed by atoms with van der Waals surface area (Å²) >= 11 is 1.86. The SMILES string of the molecule is c1ccc(N(c2cccnc2)c2ccccc2-c2cccc(-c3ccc4c(c3)c3ccccc3n4-c3ccc4sc5ccccc5c4c3)c2)cc1. The molecule has 0 aliphatic carbocycles. The monoisotopic (exact) mass is 669 g/mol. The van der Waals surface area contributed by atoms with Gasteiger partial charge in [0.1, 0.15) is 0 Å². The molecule has 0 saturated carbocycles. The van der Waals surface area contributed by atoms with Gasteiger partial charge in [0, 0.05) is 54.1 Å². The molecule has 0 amide bonds. The summed E-state index contributed by atoms with van der Waals surface area (Å²) in [5, 5.41) is 5.12. The minimum absolute atomic E-state index is 1.01. The molecule has 0 aliphatic heterocycles. The predicted octanol–water partition coefficient (Wildman–Crippen LogP) is 13.4. The molecule has 0 unspecified atom stereocenters. The van der Waals surface area contributed by atoms with Gasteiger partial charge in [0.25, 0.3) is 0 Å². The molecule has 240 valence electrons. The lowest BCUT2D eigenvalue weighted by Gasteiger charge is -2.27. The van der Waals surface area contributed by atoms with Crippen molar-refractivity contribution in [2.24, 2.45) is 0 Å². The third-order valence-electron chi connectivity index (χ3n) is 9.86. The predicted molar refractivity (Wildman–Crippen MR) is 217 cm³/mol. The summed E-state index contributed by atoms with van der Waals surface area (Å²) in [6.45, 7) is 0. The summed E-state index contributed by atoms with van der Waals surface area (Å²) in [7, 11) is 0. The maximum absolute atomic E-state index is 4.46. The highest BCUT2D eigenvalue weighted by molar-refractivity contribution is 7.25. The van der Waals surface area contributed by atoms with Crippen molar-refractivity contribution in [3.63, 3.8) is 0 Å². The molecule has 10 aromatic rings. The van der Waals surface area contributed by atoms with Gasteiger partial charge >= 0.3 is 0 Å². The molecule has 0 radical (unpaired) electrons. The Labute approximate surface area is 299 Å². The van der Waals surface area contributed by atoms with E-state index in [1.165, 1.54) is 58.8 Å². The molecule has 0 bridgehead atoms. The number of nitrogens with zero attached hydrogens (tertiary/aromatic N) is 3. The minimum atomic E-state index is 1.01. The molecule has 0 saturated heterocycles. The fourth-order valence-electron chi connectivity index (χ4n) is 7.55. The Hall–Kier alpha value is -6.49. The van der Waals surface area contributed by atoms with Crippen LogP contribution < -0.4 is 4.90 Å². The fourth-order valence-corrected chi connectivity index (χ4v) is 8.64. The van der Waals surface area contributed by atoms with Crippen LogP contribution in [0.2, 0.25) is 0 Å². The van der Waals surface area contributed by atoms with Crippen LogP contribution in [0.5, 0.6) is 0 Å². The van der Waals surface area contributed by atoms with E-state index in [0.717, 1.165) is 28.2 Å². The highest BCUT2D eigenvalue weighted by Crippen LogP contribution is 2.42. The van der Waals surface area contributed by atoms with E-state index in [0.29, 0.717) is 0 Å².